The van der Waals surface area contributed by atoms with Crippen molar-refractivity contribution >= 4 is 0 Å². The molecule has 16 heavy (non-hydrogen) atoms. The van der Waals surface area contributed by atoms with Crippen LogP contribution in [0.3, 0.4) is 0 Å². The second-order valence-electron chi connectivity index (χ2n) is 4.19. The average molecular weight is 212 g/mol. The number of nitrogens with one attached hydrogen (secondary N) is 1. The number of aryl methyl sites for hydroxylation is 2. The molecule has 1 aromatic heterocycles. The summed E-state index contributed by atoms with van der Waals surface area (Å²) in [6.07, 6.45) is 3.89. The van der Waals surface area contributed by atoms with Crippen LogP contribution in [-0.2, 0) is 6.54 Å². The molecule has 0 radical (unpaired) electrons. The number of benzene rings is 1. The lowest BCUT2D eigenvalue weighted by Gasteiger charge is -2.09. The Hall–Kier alpha value is -1.83. The molecule has 0 aliphatic rings. The second-order valence-corrected chi connectivity index (χ2v) is 4.19. The minimum Gasteiger partial charge on any atom is -0.350 e. The van der Waals surface area contributed by atoms with E-state index >= 15 is 0 Å². The van der Waals surface area contributed by atoms with E-state index in [-0.39, 0.29) is 0 Å². The highest BCUT2D eigenvalue weighted by Gasteiger charge is 1.98. The molecule has 0 aliphatic heterocycles. The Bertz CT molecular complexity index is 532. The third-order valence-corrected chi connectivity index (χ3v) is 2.74. The molecule has 0 saturated carbocycles. The van der Waals surface area contributed by atoms with Crippen molar-refractivity contribution in [3.63, 3.8) is 0 Å². The smallest absolute Gasteiger partial charge is 0.0568 e. The molecular formula is C14H16N2. The van der Waals surface area contributed by atoms with Gasteiger partial charge in [0.1, 0.15) is 0 Å². The predicted molar refractivity (Wildman–Crippen MR) is 65.3 cm³/mol. The van der Waals surface area contributed by atoms with Gasteiger partial charge < -0.3 is 9.98 Å². The summed E-state index contributed by atoms with van der Waals surface area (Å²) in [5.74, 6) is 0. The zero-order chi connectivity index (χ0) is 11.5. The summed E-state index contributed by atoms with van der Waals surface area (Å²) in [5, 5.41) is 7.98. The van der Waals surface area contributed by atoms with E-state index in [1.165, 1.54) is 16.7 Å². The molecule has 2 aromatic rings. The number of rotatable bonds is 2. The maximum atomic E-state index is 7.43. The van der Waals surface area contributed by atoms with Gasteiger partial charge in [0, 0.05) is 18.9 Å². The van der Waals surface area contributed by atoms with Gasteiger partial charge >= 0.3 is 0 Å². The summed E-state index contributed by atoms with van der Waals surface area (Å²) in [4.78, 5) is 0. The predicted octanol–water partition coefficient (Wildman–Crippen LogP) is 2.63. The summed E-state index contributed by atoms with van der Waals surface area (Å²) < 4.78 is 2.09. The maximum Gasteiger partial charge on any atom is 0.0568 e. The van der Waals surface area contributed by atoms with Crippen LogP contribution >= 0.6 is 0 Å². The second kappa shape index (κ2) is 4.35. The first kappa shape index (κ1) is 10.7. The third-order valence-electron chi connectivity index (χ3n) is 2.74. The van der Waals surface area contributed by atoms with Gasteiger partial charge in [-0.05, 0) is 37.1 Å². The summed E-state index contributed by atoms with van der Waals surface area (Å²) in [6, 6.07) is 10.1. The Morgan fingerprint density at radius 2 is 1.75 bits per heavy atom. The topological polar surface area (TPSA) is 28.8 Å². The van der Waals surface area contributed by atoms with Crippen molar-refractivity contribution in [2.24, 2.45) is 0 Å². The van der Waals surface area contributed by atoms with Crippen molar-refractivity contribution in [2.45, 2.75) is 20.4 Å². The van der Waals surface area contributed by atoms with E-state index < -0.39 is 0 Å². The van der Waals surface area contributed by atoms with Crippen molar-refractivity contribution in [2.75, 3.05) is 0 Å². The fourth-order valence-corrected chi connectivity index (χ4v) is 1.78. The summed E-state index contributed by atoms with van der Waals surface area (Å²) >= 11 is 0. The molecule has 0 amide bonds. The van der Waals surface area contributed by atoms with Gasteiger partial charge in [-0.15, -0.1) is 0 Å². The molecular weight excluding hydrogens is 196 g/mol. The zero-order valence-electron chi connectivity index (χ0n) is 9.70. The molecule has 0 spiro atoms. The van der Waals surface area contributed by atoms with Crippen LogP contribution in [0, 0.1) is 19.3 Å². The highest BCUT2D eigenvalue weighted by atomic mass is 14.9. The van der Waals surface area contributed by atoms with Crippen molar-refractivity contribution in [3.05, 3.63) is 64.8 Å². The average Bonchev–Trinajstić information content (AvgIpc) is 2.25. The molecule has 0 saturated heterocycles. The molecule has 82 valence electrons. The van der Waals surface area contributed by atoms with E-state index in [1.807, 2.05) is 24.5 Å². The van der Waals surface area contributed by atoms with E-state index in [0.717, 1.165) is 6.54 Å². The Morgan fingerprint density at radius 3 is 2.38 bits per heavy atom. The van der Waals surface area contributed by atoms with Crippen molar-refractivity contribution in [1.29, 1.82) is 5.41 Å². The van der Waals surface area contributed by atoms with Gasteiger partial charge in [-0.1, -0.05) is 23.8 Å². The van der Waals surface area contributed by atoms with Gasteiger partial charge in [0.25, 0.3) is 0 Å². The van der Waals surface area contributed by atoms with Crippen LogP contribution in [0.2, 0.25) is 0 Å². The summed E-state index contributed by atoms with van der Waals surface area (Å²) in [6.45, 7) is 5.12. The van der Waals surface area contributed by atoms with Crippen molar-refractivity contribution < 1.29 is 0 Å². The van der Waals surface area contributed by atoms with Gasteiger partial charge in [0.2, 0.25) is 0 Å². The zero-order valence-corrected chi connectivity index (χ0v) is 9.70. The van der Waals surface area contributed by atoms with Crippen molar-refractivity contribution in [3.8, 4) is 0 Å². The highest BCUT2D eigenvalue weighted by molar-refractivity contribution is 5.30. The molecule has 1 aromatic carbocycles. The van der Waals surface area contributed by atoms with E-state index in [9.17, 15) is 0 Å². The van der Waals surface area contributed by atoms with Gasteiger partial charge in [-0.2, -0.15) is 0 Å². The van der Waals surface area contributed by atoms with Crippen LogP contribution < -0.4 is 5.36 Å². The molecule has 2 rings (SSSR count). The first-order valence-electron chi connectivity index (χ1n) is 5.42. The lowest BCUT2D eigenvalue weighted by molar-refractivity contribution is 0.781. The monoisotopic (exact) mass is 212 g/mol. The SMILES string of the molecule is Cc1ccc(Cn2ccc(=N)cc2)c(C)c1. The van der Waals surface area contributed by atoms with Gasteiger partial charge in [-0.3, -0.25) is 0 Å². The van der Waals surface area contributed by atoms with Crippen LogP contribution in [0.4, 0.5) is 0 Å². The summed E-state index contributed by atoms with van der Waals surface area (Å²) in [7, 11) is 0. The molecule has 0 fully saturated rings. The Morgan fingerprint density at radius 1 is 1.06 bits per heavy atom. The molecule has 0 bridgehead atoms. The standard InChI is InChI=1S/C14H16N2/c1-11-3-4-13(12(2)9-11)10-16-7-5-14(15)6-8-16/h3-9,15H,10H2,1-2H3. The molecule has 1 N–H and O–H groups in total. The third kappa shape index (κ3) is 2.40. The molecule has 0 aliphatic carbocycles. The van der Waals surface area contributed by atoms with Crippen LogP contribution in [0.5, 0.6) is 0 Å². The quantitative estimate of drug-likeness (QED) is 0.793. The Kier molecular flexibility index (Phi) is 2.91. The van der Waals surface area contributed by atoms with Crippen LogP contribution in [-0.4, -0.2) is 4.57 Å². The minimum atomic E-state index is 0.553. The highest BCUT2D eigenvalue weighted by Crippen LogP contribution is 2.11. The normalized spacial score (nSPS) is 10.4. The lowest BCUT2D eigenvalue weighted by Crippen LogP contribution is -2.05. The largest absolute Gasteiger partial charge is 0.350 e. The molecule has 0 atom stereocenters. The van der Waals surface area contributed by atoms with E-state index in [0.29, 0.717) is 5.36 Å². The van der Waals surface area contributed by atoms with Crippen LogP contribution in [0.1, 0.15) is 16.7 Å². The van der Waals surface area contributed by atoms with E-state index in [2.05, 4.69) is 36.6 Å². The Balaban J connectivity index is 2.27. The number of pyridine rings is 1. The fourth-order valence-electron chi connectivity index (χ4n) is 1.78. The molecule has 2 heteroatoms. The first-order chi connectivity index (χ1) is 7.65. The van der Waals surface area contributed by atoms with Gasteiger partial charge in [0.15, 0.2) is 0 Å². The molecule has 2 nitrogen and oxygen atoms in total. The van der Waals surface area contributed by atoms with Gasteiger partial charge in [-0.25, -0.2) is 0 Å². The van der Waals surface area contributed by atoms with E-state index in [1.54, 1.807) is 0 Å². The first-order valence-corrected chi connectivity index (χ1v) is 5.42. The maximum absolute atomic E-state index is 7.43. The number of aromatic nitrogens is 1. The van der Waals surface area contributed by atoms with Crippen LogP contribution in [0.25, 0.3) is 0 Å². The fraction of sp³-hybridized carbons (Fsp3) is 0.214. The Labute approximate surface area is 95.7 Å². The van der Waals surface area contributed by atoms with Crippen LogP contribution in [0.15, 0.2) is 42.7 Å². The van der Waals surface area contributed by atoms with E-state index in [4.69, 9.17) is 5.41 Å². The summed E-state index contributed by atoms with van der Waals surface area (Å²) in [5.41, 5.74) is 3.95. The van der Waals surface area contributed by atoms with Gasteiger partial charge in [0.05, 0.1) is 5.36 Å². The van der Waals surface area contributed by atoms with Crippen molar-refractivity contribution in [1.82, 2.24) is 4.57 Å². The lowest BCUT2D eigenvalue weighted by atomic mass is 10.1. The number of nitrogens with zero attached hydrogens (tertiary/aromatic N) is 1. The number of hydrogen-bond donors (Lipinski definition) is 1. The molecule has 0 unspecified atom stereocenters. The number of hydrogen-bond acceptors (Lipinski definition) is 1. The molecule has 1 heterocycles. The minimum absolute atomic E-state index is 0.553.